The van der Waals surface area contributed by atoms with Crippen molar-refractivity contribution in [3.05, 3.63) is 90.4 Å². The third-order valence-corrected chi connectivity index (χ3v) is 5.27. The van der Waals surface area contributed by atoms with Gasteiger partial charge in [0.05, 0.1) is 6.61 Å². The Bertz CT molecular complexity index is 1340. The smallest absolute Gasteiger partial charge is 0.157 e. The van der Waals surface area contributed by atoms with Crippen LogP contribution in [0.5, 0.6) is 11.5 Å². The number of nitrogens with zero attached hydrogens (tertiary/aromatic N) is 4. The largest absolute Gasteiger partial charge is 0.493 e. The maximum atomic E-state index is 13.1. The van der Waals surface area contributed by atoms with E-state index in [9.17, 15) is 4.39 Å². The second-order valence-corrected chi connectivity index (χ2v) is 7.62. The van der Waals surface area contributed by atoms with Crippen molar-refractivity contribution in [3.8, 4) is 22.9 Å². The fourth-order valence-corrected chi connectivity index (χ4v) is 3.48. The van der Waals surface area contributed by atoms with Gasteiger partial charge in [0, 0.05) is 43.7 Å². The van der Waals surface area contributed by atoms with E-state index in [1.54, 1.807) is 24.5 Å². The number of imidazole rings is 2. The molecule has 5 aromatic rings. The summed E-state index contributed by atoms with van der Waals surface area (Å²) in [5.74, 6) is 2.53. The molecule has 0 aliphatic heterocycles. The van der Waals surface area contributed by atoms with Crippen LogP contribution in [0.4, 0.5) is 4.39 Å². The first-order chi connectivity index (χ1) is 16.1. The number of halogens is 1. The molecule has 0 aliphatic carbocycles. The van der Waals surface area contributed by atoms with Crippen molar-refractivity contribution < 1.29 is 13.9 Å². The molecule has 0 saturated heterocycles. The van der Waals surface area contributed by atoms with Crippen LogP contribution >= 0.6 is 0 Å². The van der Waals surface area contributed by atoms with Crippen LogP contribution in [0, 0.1) is 5.82 Å². The third-order valence-electron chi connectivity index (χ3n) is 5.27. The highest BCUT2D eigenvalue weighted by molar-refractivity contribution is 5.76. The molecule has 0 spiro atoms. The number of hydrogen-bond donors (Lipinski definition) is 1. The zero-order chi connectivity index (χ0) is 22.6. The molecule has 3 aromatic heterocycles. The molecule has 0 atom stereocenters. The van der Waals surface area contributed by atoms with E-state index in [-0.39, 0.29) is 5.82 Å². The van der Waals surface area contributed by atoms with Gasteiger partial charge in [-0.3, -0.25) is 0 Å². The molecule has 7 nitrogen and oxygen atoms in total. The van der Waals surface area contributed by atoms with Crippen LogP contribution in [0.25, 0.3) is 22.6 Å². The van der Waals surface area contributed by atoms with Crippen molar-refractivity contribution in [2.24, 2.45) is 7.05 Å². The van der Waals surface area contributed by atoms with Gasteiger partial charge >= 0.3 is 0 Å². The van der Waals surface area contributed by atoms with Crippen molar-refractivity contribution in [2.45, 2.75) is 13.0 Å². The van der Waals surface area contributed by atoms with E-state index in [0.29, 0.717) is 42.6 Å². The Kier molecular flexibility index (Phi) is 5.72. The van der Waals surface area contributed by atoms with Gasteiger partial charge in [0.1, 0.15) is 41.1 Å². The van der Waals surface area contributed by atoms with E-state index >= 15 is 0 Å². The Morgan fingerprint density at radius 2 is 1.79 bits per heavy atom. The normalized spacial score (nSPS) is 11.1. The van der Waals surface area contributed by atoms with E-state index in [0.717, 1.165) is 22.5 Å². The number of nitrogens with one attached hydrogen (secondary N) is 1. The van der Waals surface area contributed by atoms with Crippen molar-refractivity contribution in [3.63, 3.8) is 0 Å². The summed E-state index contributed by atoms with van der Waals surface area (Å²) < 4.78 is 27.1. The number of pyridine rings is 1. The molecule has 1 N–H and O–H groups in total. The minimum absolute atomic E-state index is 0.248. The Labute approximate surface area is 189 Å². The summed E-state index contributed by atoms with van der Waals surface area (Å²) in [6.07, 6.45) is 5.99. The maximum absolute atomic E-state index is 13.1. The van der Waals surface area contributed by atoms with Gasteiger partial charge in [0.25, 0.3) is 0 Å². The van der Waals surface area contributed by atoms with Gasteiger partial charge in [-0.1, -0.05) is 12.1 Å². The lowest BCUT2D eigenvalue weighted by molar-refractivity contribution is 0.285. The number of aromatic nitrogens is 5. The van der Waals surface area contributed by atoms with E-state index in [4.69, 9.17) is 9.47 Å². The number of aryl methyl sites for hydroxylation is 1. The quantitative estimate of drug-likeness (QED) is 0.376. The number of ether oxygens (including phenoxy) is 2. The number of aromatic amines is 1. The van der Waals surface area contributed by atoms with E-state index in [1.807, 2.05) is 48.1 Å². The monoisotopic (exact) mass is 443 g/mol. The molecule has 0 bridgehead atoms. The summed E-state index contributed by atoms with van der Waals surface area (Å²) in [5, 5.41) is 0. The maximum Gasteiger partial charge on any atom is 0.157 e. The molecule has 0 fully saturated rings. The highest BCUT2D eigenvalue weighted by Crippen LogP contribution is 2.30. The van der Waals surface area contributed by atoms with Crippen molar-refractivity contribution >= 4 is 11.2 Å². The highest BCUT2D eigenvalue weighted by Gasteiger charge is 2.11. The number of hydrogen-bond acceptors (Lipinski definition) is 5. The van der Waals surface area contributed by atoms with Crippen LogP contribution < -0.4 is 9.47 Å². The van der Waals surface area contributed by atoms with Crippen LogP contribution in [0.2, 0.25) is 0 Å². The first kappa shape index (κ1) is 20.7. The zero-order valence-electron chi connectivity index (χ0n) is 18.0. The Balaban J connectivity index is 1.39. The lowest BCUT2D eigenvalue weighted by Crippen LogP contribution is -2.04. The van der Waals surface area contributed by atoms with Gasteiger partial charge in [-0.25, -0.2) is 19.3 Å². The molecular formula is C25H22FN5O2. The molecule has 0 amide bonds. The molecule has 0 unspecified atom stereocenters. The summed E-state index contributed by atoms with van der Waals surface area (Å²) in [4.78, 5) is 16.5. The number of fused-ring (bicyclic) bond motifs is 1. The molecule has 0 saturated carbocycles. The predicted octanol–water partition coefficient (Wildman–Crippen LogP) is 4.70. The molecule has 8 heteroatoms. The summed E-state index contributed by atoms with van der Waals surface area (Å²) in [5.41, 5.74) is 3.32. The lowest BCUT2D eigenvalue weighted by Gasteiger charge is -2.12. The summed E-state index contributed by atoms with van der Waals surface area (Å²) >= 11 is 0. The van der Waals surface area contributed by atoms with Gasteiger partial charge in [-0.15, -0.1) is 0 Å². The molecule has 0 radical (unpaired) electrons. The Morgan fingerprint density at radius 1 is 0.970 bits per heavy atom. The van der Waals surface area contributed by atoms with E-state index in [1.165, 1.54) is 12.1 Å². The van der Waals surface area contributed by atoms with Crippen LogP contribution in [0.3, 0.4) is 0 Å². The predicted molar refractivity (Wildman–Crippen MR) is 122 cm³/mol. The first-order valence-electron chi connectivity index (χ1n) is 10.6. The zero-order valence-corrected chi connectivity index (χ0v) is 18.0. The number of benzene rings is 2. The molecule has 2 aromatic carbocycles. The first-order valence-corrected chi connectivity index (χ1v) is 10.6. The summed E-state index contributed by atoms with van der Waals surface area (Å²) in [6, 6.07) is 15.9. The van der Waals surface area contributed by atoms with Gasteiger partial charge in [-0.2, -0.15) is 0 Å². The fraction of sp³-hybridized carbons (Fsp3) is 0.160. The molecule has 3 heterocycles. The second-order valence-electron chi connectivity index (χ2n) is 7.62. The number of rotatable bonds is 8. The van der Waals surface area contributed by atoms with Crippen molar-refractivity contribution in [1.29, 1.82) is 0 Å². The minimum atomic E-state index is -0.248. The molecule has 0 aliphatic rings. The minimum Gasteiger partial charge on any atom is -0.493 e. The lowest BCUT2D eigenvalue weighted by atomic mass is 10.1. The Hall–Kier alpha value is -4.20. The molecule has 166 valence electrons. The standard InChI is InChI=1S/C25H22FN5O2/c1-31-11-10-27-23(31)16-33-21-14-18(24-29-22-3-2-9-28-25(22)30-24)13-20(15-21)32-12-8-17-4-6-19(26)7-5-17/h2-7,9-11,13-15H,8,12,16H2,1H3,(H,28,29,30). The topological polar surface area (TPSA) is 77.8 Å². The third kappa shape index (κ3) is 4.85. The van der Waals surface area contributed by atoms with Crippen LogP contribution in [0.15, 0.2) is 73.2 Å². The van der Waals surface area contributed by atoms with Gasteiger partial charge in [-0.05, 0) is 42.0 Å². The average Bonchev–Trinajstić information content (AvgIpc) is 3.45. The van der Waals surface area contributed by atoms with Gasteiger partial charge in [0.2, 0.25) is 0 Å². The summed E-state index contributed by atoms with van der Waals surface area (Å²) in [6.45, 7) is 0.763. The Morgan fingerprint density at radius 3 is 2.55 bits per heavy atom. The number of H-pyrrole nitrogens is 1. The van der Waals surface area contributed by atoms with Gasteiger partial charge < -0.3 is 19.0 Å². The second kappa shape index (κ2) is 9.12. The van der Waals surface area contributed by atoms with Crippen LogP contribution in [-0.4, -0.2) is 31.1 Å². The van der Waals surface area contributed by atoms with Crippen molar-refractivity contribution in [2.75, 3.05) is 6.61 Å². The van der Waals surface area contributed by atoms with E-state index < -0.39 is 0 Å². The molecule has 5 rings (SSSR count). The average molecular weight is 443 g/mol. The van der Waals surface area contributed by atoms with Crippen LogP contribution in [0.1, 0.15) is 11.4 Å². The fourth-order valence-electron chi connectivity index (χ4n) is 3.48. The van der Waals surface area contributed by atoms with Crippen molar-refractivity contribution in [1.82, 2.24) is 24.5 Å². The molecular weight excluding hydrogens is 421 g/mol. The summed E-state index contributed by atoms with van der Waals surface area (Å²) in [7, 11) is 1.92. The van der Waals surface area contributed by atoms with Crippen LogP contribution in [-0.2, 0) is 20.1 Å². The SMILES string of the molecule is Cn1ccnc1COc1cc(OCCc2ccc(F)cc2)cc(-c2nc3cccnc3[nH]2)c1. The highest BCUT2D eigenvalue weighted by atomic mass is 19.1. The molecule has 33 heavy (non-hydrogen) atoms. The van der Waals surface area contributed by atoms with E-state index in [2.05, 4.69) is 19.9 Å². The van der Waals surface area contributed by atoms with Gasteiger partial charge in [0.15, 0.2) is 5.65 Å².